The number of benzene rings is 10. The summed E-state index contributed by atoms with van der Waals surface area (Å²) in [6.07, 6.45) is 0. The Labute approximate surface area is 429 Å². The van der Waals surface area contributed by atoms with Crippen LogP contribution in [0.4, 0.5) is 0 Å². The summed E-state index contributed by atoms with van der Waals surface area (Å²) < 4.78 is 4.72. The van der Waals surface area contributed by atoms with Crippen molar-refractivity contribution in [2.75, 3.05) is 0 Å². The highest BCUT2D eigenvalue weighted by Gasteiger charge is 2.24. The van der Waals surface area contributed by atoms with Gasteiger partial charge < -0.3 is 9.13 Å². The van der Waals surface area contributed by atoms with Gasteiger partial charge in [-0.2, -0.15) is 5.26 Å². The van der Waals surface area contributed by atoms with Gasteiger partial charge >= 0.3 is 0 Å². The smallest absolute Gasteiger partial charge is 0.164 e. The van der Waals surface area contributed by atoms with Crippen molar-refractivity contribution in [3.8, 4) is 85.0 Å². The highest BCUT2D eigenvalue weighted by molar-refractivity contribution is 6.12. The van der Waals surface area contributed by atoms with Crippen molar-refractivity contribution >= 4 is 43.6 Å². The Morgan fingerprint density at radius 3 is 1.38 bits per heavy atom. The molecule has 350 valence electrons. The lowest BCUT2D eigenvalue weighted by molar-refractivity contribution is 1.07. The molecule has 0 amide bonds. The second-order valence-electron chi connectivity index (χ2n) is 19.4. The van der Waals surface area contributed by atoms with Crippen molar-refractivity contribution in [1.29, 1.82) is 5.26 Å². The number of nitrogens with zero attached hydrogens (tertiary/aromatic N) is 6. The van der Waals surface area contributed by atoms with Crippen LogP contribution in [-0.4, -0.2) is 24.1 Å². The normalized spacial score (nSPS) is 11.5. The molecule has 0 aliphatic carbocycles. The van der Waals surface area contributed by atoms with Crippen LogP contribution in [0.2, 0.25) is 0 Å². The summed E-state index contributed by atoms with van der Waals surface area (Å²) in [5.41, 5.74) is 20.8. The Balaban J connectivity index is 1.10. The van der Waals surface area contributed by atoms with E-state index in [0.717, 1.165) is 77.4 Å². The van der Waals surface area contributed by atoms with Gasteiger partial charge in [0, 0.05) is 49.5 Å². The predicted octanol–water partition coefficient (Wildman–Crippen LogP) is 17.2. The monoisotopic (exact) mass is 948 g/mol. The van der Waals surface area contributed by atoms with Gasteiger partial charge in [0.2, 0.25) is 0 Å². The topological polar surface area (TPSA) is 72.3 Å². The maximum Gasteiger partial charge on any atom is 0.164 e. The molecule has 0 saturated heterocycles. The molecule has 0 fully saturated rings. The zero-order valence-electron chi connectivity index (χ0n) is 41.5. The van der Waals surface area contributed by atoms with Crippen molar-refractivity contribution in [2.45, 2.75) is 27.7 Å². The van der Waals surface area contributed by atoms with Crippen molar-refractivity contribution in [3.63, 3.8) is 0 Å². The second kappa shape index (κ2) is 17.9. The number of fused-ring (bicyclic) bond motifs is 6. The van der Waals surface area contributed by atoms with Crippen LogP contribution in [0.25, 0.3) is 123 Å². The highest BCUT2D eigenvalue weighted by Crippen LogP contribution is 2.44. The van der Waals surface area contributed by atoms with E-state index in [0.29, 0.717) is 23.0 Å². The largest absolute Gasteiger partial charge is 0.309 e. The zero-order valence-corrected chi connectivity index (χ0v) is 41.5. The number of nitriles is 1. The van der Waals surface area contributed by atoms with Crippen LogP contribution < -0.4 is 0 Å². The molecule has 0 aliphatic heterocycles. The van der Waals surface area contributed by atoms with Gasteiger partial charge in [0.15, 0.2) is 17.5 Å². The minimum Gasteiger partial charge on any atom is -0.309 e. The number of rotatable bonds is 8. The van der Waals surface area contributed by atoms with Gasteiger partial charge in [0.05, 0.1) is 39.4 Å². The van der Waals surface area contributed by atoms with Crippen molar-refractivity contribution in [3.05, 3.63) is 246 Å². The summed E-state index contributed by atoms with van der Waals surface area (Å²) in [7, 11) is 0. The Hall–Kier alpha value is -9.70. The first-order valence-electron chi connectivity index (χ1n) is 25.1. The molecule has 0 spiro atoms. The molecule has 13 aromatic rings. The van der Waals surface area contributed by atoms with E-state index in [2.05, 4.69) is 188 Å². The lowest BCUT2D eigenvalue weighted by atomic mass is 9.94. The third kappa shape index (κ3) is 7.53. The number of hydrogen-bond donors (Lipinski definition) is 0. The number of aromatic nitrogens is 5. The fraction of sp³-hybridized carbons (Fsp3) is 0.0588. The molecule has 6 heteroatoms. The van der Waals surface area contributed by atoms with Gasteiger partial charge in [-0.25, -0.2) is 15.0 Å². The van der Waals surface area contributed by atoms with E-state index >= 15 is 0 Å². The standard InChI is InChI=1S/C68H48N6/c1-42-23-29-52(44(3)35-42)49-26-33-63-59(38-49)54-19-11-13-21-61(54)73(63)51-28-31-56(68-71-66(47-15-7-5-8-16-47)70-67(72-68)48-17-9-6-10-18-48)57(40-51)58-37-46(41-69)25-32-64(58)74-62-22-14-12-20-55(62)60-39-50(27-34-65(60)74)53-30-24-43(2)36-45(53)4/h5-40H,1-4H3. The summed E-state index contributed by atoms with van der Waals surface area (Å²) in [4.78, 5) is 15.7. The van der Waals surface area contributed by atoms with E-state index in [4.69, 9.17) is 15.0 Å². The van der Waals surface area contributed by atoms with Crippen LogP contribution in [0.15, 0.2) is 218 Å². The molecule has 74 heavy (non-hydrogen) atoms. The minimum atomic E-state index is 0.522. The van der Waals surface area contributed by atoms with Gasteiger partial charge in [0.25, 0.3) is 0 Å². The molecule has 0 aliphatic rings. The molecule has 3 heterocycles. The SMILES string of the molecule is Cc1ccc(-c2ccc3c(c2)c2ccccc2n3-c2ccc(-c3nc(-c4ccccc4)nc(-c4ccccc4)n3)c(-c3cc(C#N)ccc3-n3c4ccccc4c4cc(-c5ccc(C)cc5C)ccc43)c2)c(C)c1. The van der Waals surface area contributed by atoms with Gasteiger partial charge in [-0.05, 0) is 139 Å². The fourth-order valence-corrected chi connectivity index (χ4v) is 11.1. The van der Waals surface area contributed by atoms with E-state index < -0.39 is 0 Å². The molecule has 0 bridgehead atoms. The van der Waals surface area contributed by atoms with Gasteiger partial charge in [-0.1, -0.05) is 157 Å². The summed E-state index contributed by atoms with van der Waals surface area (Å²) in [6.45, 7) is 8.66. The van der Waals surface area contributed by atoms with E-state index in [1.165, 1.54) is 49.9 Å². The molecule has 0 N–H and O–H groups in total. The van der Waals surface area contributed by atoms with Gasteiger partial charge in [-0.15, -0.1) is 0 Å². The van der Waals surface area contributed by atoms with E-state index in [9.17, 15) is 5.26 Å². The molecule has 0 saturated carbocycles. The number of aryl methyl sites for hydroxylation is 4. The molecule has 3 aromatic heterocycles. The third-order valence-corrected chi connectivity index (χ3v) is 14.6. The summed E-state index contributed by atoms with van der Waals surface area (Å²) in [6, 6.07) is 79.6. The Morgan fingerprint density at radius 2 is 0.824 bits per heavy atom. The number of hydrogen-bond acceptors (Lipinski definition) is 4. The van der Waals surface area contributed by atoms with Gasteiger partial charge in [-0.3, -0.25) is 0 Å². The predicted molar refractivity (Wildman–Crippen MR) is 305 cm³/mol. The third-order valence-electron chi connectivity index (χ3n) is 14.6. The molecule has 0 unspecified atom stereocenters. The Morgan fingerprint density at radius 1 is 0.338 bits per heavy atom. The van der Waals surface area contributed by atoms with Crippen molar-refractivity contribution in [1.82, 2.24) is 24.1 Å². The zero-order chi connectivity index (χ0) is 50.0. The quantitative estimate of drug-likeness (QED) is 0.152. The average Bonchev–Trinajstić information content (AvgIpc) is 3.95. The molecule has 13 rings (SSSR count). The van der Waals surface area contributed by atoms with E-state index in [-0.39, 0.29) is 0 Å². The second-order valence-corrected chi connectivity index (χ2v) is 19.4. The molecular formula is C68H48N6. The molecule has 0 radical (unpaired) electrons. The van der Waals surface area contributed by atoms with Crippen LogP contribution in [0.1, 0.15) is 27.8 Å². The minimum absolute atomic E-state index is 0.522. The van der Waals surface area contributed by atoms with Crippen LogP contribution in [-0.2, 0) is 0 Å². The molecule has 10 aromatic carbocycles. The first kappa shape index (κ1) is 44.3. The highest BCUT2D eigenvalue weighted by atomic mass is 15.0. The fourth-order valence-electron chi connectivity index (χ4n) is 11.1. The van der Waals surface area contributed by atoms with E-state index in [1.807, 2.05) is 72.8 Å². The van der Waals surface area contributed by atoms with Crippen LogP contribution in [0, 0.1) is 39.0 Å². The maximum atomic E-state index is 10.7. The van der Waals surface area contributed by atoms with Crippen molar-refractivity contribution in [2.24, 2.45) is 0 Å². The lowest BCUT2D eigenvalue weighted by Gasteiger charge is -2.19. The van der Waals surface area contributed by atoms with Crippen LogP contribution in [0.3, 0.4) is 0 Å². The van der Waals surface area contributed by atoms with E-state index in [1.54, 1.807) is 0 Å². The van der Waals surface area contributed by atoms with Crippen LogP contribution >= 0.6 is 0 Å². The first-order valence-corrected chi connectivity index (χ1v) is 25.1. The Bertz CT molecular complexity index is 4360. The average molecular weight is 949 g/mol. The maximum absolute atomic E-state index is 10.7. The summed E-state index contributed by atoms with van der Waals surface area (Å²) in [5, 5.41) is 15.4. The molecule has 6 nitrogen and oxygen atoms in total. The summed E-state index contributed by atoms with van der Waals surface area (Å²) >= 11 is 0. The first-order chi connectivity index (χ1) is 36.3. The number of para-hydroxylation sites is 2. The molecule has 0 atom stereocenters. The van der Waals surface area contributed by atoms with Crippen LogP contribution in [0.5, 0.6) is 0 Å². The van der Waals surface area contributed by atoms with Crippen molar-refractivity contribution < 1.29 is 0 Å². The lowest BCUT2D eigenvalue weighted by Crippen LogP contribution is -2.04. The summed E-state index contributed by atoms with van der Waals surface area (Å²) in [5.74, 6) is 1.66. The Kier molecular flexibility index (Phi) is 10.7. The molecular weight excluding hydrogens is 901 g/mol. The van der Waals surface area contributed by atoms with Gasteiger partial charge in [0.1, 0.15) is 0 Å².